The second kappa shape index (κ2) is 3.38. The Morgan fingerprint density at radius 3 is 2.76 bits per heavy atom. The van der Waals surface area contributed by atoms with E-state index in [2.05, 4.69) is 40.9 Å². The van der Waals surface area contributed by atoms with Crippen LogP contribution in [0.5, 0.6) is 0 Å². The van der Waals surface area contributed by atoms with Crippen molar-refractivity contribution in [1.29, 1.82) is 0 Å². The van der Waals surface area contributed by atoms with Crippen molar-refractivity contribution >= 4 is 16.7 Å². The maximum absolute atomic E-state index is 5.67. The number of para-hydroxylation sites is 1. The number of aromatic amines is 1. The van der Waals surface area contributed by atoms with Gasteiger partial charge in [-0.2, -0.15) is 5.10 Å². The van der Waals surface area contributed by atoms with Gasteiger partial charge in [-0.3, -0.25) is 5.10 Å². The average molecular weight is 226 g/mol. The van der Waals surface area contributed by atoms with Crippen molar-refractivity contribution in [3.63, 3.8) is 0 Å². The third-order valence-corrected chi connectivity index (χ3v) is 3.27. The lowest BCUT2D eigenvalue weighted by Crippen LogP contribution is -1.90. The molecule has 2 aromatic heterocycles. The number of benzene rings is 1. The summed E-state index contributed by atoms with van der Waals surface area (Å²) in [7, 11) is 2.07. The second-order valence-electron chi connectivity index (χ2n) is 4.24. The smallest absolute Gasteiger partial charge is 0.145 e. The number of rotatable bonds is 1. The summed E-state index contributed by atoms with van der Waals surface area (Å²) < 4.78 is 2.18. The van der Waals surface area contributed by atoms with Crippen LogP contribution in [0.15, 0.2) is 30.3 Å². The first-order valence-electron chi connectivity index (χ1n) is 5.54. The number of nitrogens with two attached hydrogens (primary N) is 1. The van der Waals surface area contributed by atoms with Gasteiger partial charge in [0, 0.05) is 35.3 Å². The Hall–Kier alpha value is -2.23. The Morgan fingerprint density at radius 1 is 1.29 bits per heavy atom. The molecule has 0 aliphatic heterocycles. The molecular formula is C13H14N4. The summed E-state index contributed by atoms with van der Waals surface area (Å²) in [6.07, 6.45) is 0. The van der Waals surface area contributed by atoms with Gasteiger partial charge in [0.15, 0.2) is 0 Å². The summed E-state index contributed by atoms with van der Waals surface area (Å²) in [6.45, 7) is 2.10. The topological polar surface area (TPSA) is 59.6 Å². The van der Waals surface area contributed by atoms with Crippen LogP contribution in [0, 0.1) is 6.92 Å². The maximum atomic E-state index is 5.67. The number of nitrogens with zero attached hydrogens (tertiary/aromatic N) is 2. The Kier molecular flexibility index (Phi) is 1.98. The van der Waals surface area contributed by atoms with Crippen LogP contribution >= 0.6 is 0 Å². The zero-order chi connectivity index (χ0) is 12.0. The molecule has 4 nitrogen and oxygen atoms in total. The highest BCUT2D eigenvalue weighted by atomic mass is 15.2. The highest BCUT2D eigenvalue weighted by Crippen LogP contribution is 2.33. The van der Waals surface area contributed by atoms with E-state index in [1.807, 2.05) is 18.2 Å². The first-order chi connectivity index (χ1) is 8.18. The highest BCUT2D eigenvalue weighted by molar-refractivity contribution is 5.97. The van der Waals surface area contributed by atoms with E-state index < -0.39 is 0 Å². The standard InChI is InChI=1S/C13H14N4/c1-8-13(10-7-12(14)16-15-10)9-5-3-4-6-11(9)17(8)2/h3-7H,1-2H3,(H3,14,15,16). The molecule has 3 rings (SSSR count). The molecular weight excluding hydrogens is 212 g/mol. The van der Waals surface area contributed by atoms with Gasteiger partial charge >= 0.3 is 0 Å². The van der Waals surface area contributed by atoms with Crippen molar-refractivity contribution < 1.29 is 0 Å². The van der Waals surface area contributed by atoms with E-state index in [1.54, 1.807) is 0 Å². The minimum Gasteiger partial charge on any atom is -0.382 e. The first-order valence-corrected chi connectivity index (χ1v) is 5.54. The zero-order valence-electron chi connectivity index (χ0n) is 9.86. The third kappa shape index (κ3) is 1.34. The third-order valence-electron chi connectivity index (χ3n) is 3.27. The molecule has 86 valence electrons. The molecule has 0 aliphatic rings. The van der Waals surface area contributed by atoms with Crippen LogP contribution in [0.4, 0.5) is 5.82 Å². The summed E-state index contributed by atoms with van der Waals surface area (Å²) in [5.74, 6) is 0.521. The monoisotopic (exact) mass is 226 g/mol. The van der Waals surface area contributed by atoms with Crippen LogP contribution in [0.1, 0.15) is 5.69 Å². The van der Waals surface area contributed by atoms with Gasteiger partial charge in [0.1, 0.15) is 5.82 Å². The van der Waals surface area contributed by atoms with Crippen molar-refractivity contribution in [2.45, 2.75) is 6.92 Å². The number of H-pyrrole nitrogens is 1. The van der Waals surface area contributed by atoms with E-state index >= 15 is 0 Å². The van der Waals surface area contributed by atoms with E-state index in [0.29, 0.717) is 5.82 Å². The summed E-state index contributed by atoms with van der Waals surface area (Å²) in [5.41, 5.74) is 10.2. The molecule has 0 saturated heterocycles. The van der Waals surface area contributed by atoms with Gasteiger partial charge in [-0.25, -0.2) is 0 Å². The van der Waals surface area contributed by atoms with Gasteiger partial charge in [0.2, 0.25) is 0 Å². The predicted octanol–water partition coefficient (Wildman–Crippen LogP) is 2.46. The number of aryl methyl sites for hydroxylation is 1. The maximum Gasteiger partial charge on any atom is 0.145 e. The number of aromatic nitrogens is 3. The minimum absolute atomic E-state index is 0.521. The number of fused-ring (bicyclic) bond motifs is 1. The Labute approximate surface area is 99.1 Å². The number of hydrogen-bond acceptors (Lipinski definition) is 2. The van der Waals surface area contributed by atoms with Crippen molar-refractivity contribution in [1.82, 2.24) is 14.8 Å². The van der Waals surface area contributed by atoms with E-state index in [-0.39, 0.29) is 0 Å². The lowest BCUT2D eigenvalue weighted by molar-refractivity contribution is 0.918. The van der Waals surface area contributed by atoms with Crippen molar-refractivity contribution in [2.75, 3.05) is 5.73 Å². The van der Waals surface area contributed by atoms with Crippen LogP contribution < -0.4 is 5.73 Å². The van der Waals surface area contributed by atoms with E-state index in [9.17, 15) is 0 Å². The number of hydrogen-bond donors (Lipinski definition) is 2. The van der Waals surface area contributed by atoms with Crippen molar-refractivity contribution in [3.05, 3.63) is 36.0 Å². The van der Waals surface area contributed by atoms with Crippen LogP contribution in [-0.4, -0.2) is 14.8 Å². The van der Waals surface area contributed by atoms with E-state index in [4.69, 9.17) is 5.73 Å². The quantitative estimate of drug-likeness (QED) is 0.669. The number of nitrogens with one attached hydrogen (secondary N) is 1. The van der Waals surface area contributed by atoms with Gasteiger partial charge in [0.25, 0.3) is 0 Å². The Bertz CT molecular complexity index is 691. The van der Waals surface area contributed by atoms with Gasteiger partial charge < -0.3 is 10.3 Å². The van der Waals surface area contributed by atoms with E-state index in [0.717, 1.165) is 5.69 Å². The first kappa shape index (κ1) is 9.96. The molecule has 0 saturated carbocycles. The molecule has 1 aromatic carbocycles. The fourth-order valence-electron chi connectivity index (χ4n) is 2.33. The molecule has 0 unspecified atom stereocenters. The molecule has 4 heteroatoms. The lowest BCUT2D eigenvalue weighted by Gasteiger charge is -1.99. The second-order valence-corrected chi connectivity index (χ2v) is 4.24. The summed E-state index contributed by atoms with van der Waals surface area (Å²) in [5, 5.41) is 8.19. The van der Waals surface area contributed by atoms with Crippen LogP contribution in [0.3, 0.4) is 0 Å². The summed E-state index contributed by atoms with van der Waals surface area (Å²) in [4.78, 5) is 0. The minimum atomic E-state index is 0.521. The molecule has 3 N–H and O–H groups in total. The van der Waals surface area contributed by atoms with Crippen LogP contribution in [0.25, 0.3) is 22.2 Å². The van der Waals surface area contributed by atoms with Crippen molar-refractivity contribution in [2.24, 2.45) is 7.05 Å². The van der Waals surface area contributed by atoms with Crippen LogP contribution in [-0.2, 0) is 7.05 Å². The fraction of sp³-hybridized carbons (Fsp3) is 0.154. The molecule has 3 aromatic rings. The van der Waals surface area contributed by atoms with Gasteiger partial charge in [-0.1, -0.05) is 18.2 Å². The molecule has 2 heterocycles. The molecule has 0 amide bonds. The lowest BCUT2D eigenvalue weighted by atomic mass is 10.1. The number of anilines is 1. The molecule has 0 aliphatic carbocycles. The normalized spacial score (nSPS) is 11.2. The SMILES string of the molecule is Cc1c(-c2cc(N)n[nH]2)c2ccccc2n1C. The average Bonchev–Trinajstić information content (AvgIpc) is 2.84. The molecule has 0 atom stereocenters. The van der Waals surface area contributed by atoms with Gasteiger partial charge in [-0.15, -0.1) is 0 Å². The molecule has 0 radical (unpaired) electrons. The summed E-state index contributed by atoms with van der Waals surface area (Å²) in [6, 6.07) is 10.2. The molecule has 0 spiro atoms. The van der Waals surface area contributed by atoms with Crippen LogP contribution in [0.2, 0.25) is 0 Å². The Balaban J connectivity index is 2.40. The molecule has 0 bridgehead atoms. The highest BCUT2D eigenvalue weighted by Gasteiger charge is 2.14. The zero-order valence-corrected chi connectivity index (χ0v) is 9.86. The van der Waals surface area contributed by atoms with Crippen molar-refractivity contribution in [3.8, 4) is 11.3 Å². The molecule has 0 fully saturated rings. The Morgan fingerprint density at radius 2 is 2.06 bits per heavy atom. The van der Waals surface area contributed by atoms with E-state index in [1.165, 1.54) is 22.2 Å². The number of nitrogen functional groups attached to an aromatic ring is 1. The summed E-state index contributed by atoms with van der Waals surface area (Å²) >= 11 is 0. The fourth-order valence-corrected chi connectivity index (χ4v) is 2.33. The van der Waals surface area contributed by atoms with Gasteiger partial charge in [-0.05, 0) is 13.0 Å². The van der Waals surface area contributed by atoms with Gasteiger partial charge in [0.05, 0.1) is 5.69 Å². The predicted molar refractivity (Wildman–Crippen MR) is 69.7 cm³/mol. The molecule has 17 heavy (non-hydrogen) atoms. The largest absolute Gasteiger partial charge is 0.382 e.